The Hall–Kier alpha value is -0.670. The van der Waals surface area contributed by atoms with E-state index < -0.39 is 0 Å². The van der Waals surface area contributed by atoms with Gasteiger partial charge in [0.15, 0.2) is 5.78 Å². The molecule has 1 aliphatic heterocycles. The van der Waals surface area contributed by atoms with E-state index in [0.717, 1.165) is 17.8 Å². The third-order valence-electron chi connectivity index (χ3n) is 3.37. The molecule has 17 heavy (non-hydrogen) atoms. The van der Waals surface area contributed by atoms with Crippen LogP contribution in [0.15, 0.2) is 17.5 Å². The summed E-state index contributed by atoms with van der Waals surface area (Å²) in [5.41, 5.74) is 0. The van der Waals surface area contributed by atoms with Gasteiger partial charge in [0.25, 0.3) is 0 Å². The molecule has 0 unspecified atom stereocenters. The highest BCUT2D eigenvalue weighted by Gasteiger charge is 2.10. The first-order valence-electron chi connectivity index (χ1n) is 6.65. The number of carbonyl (C=O) groups excluding carboxylic acids is 1. The lowest BCUT2D eigenvalue weighted by molar-refractivity contribution is 0.0979. The molecule has 0 atom stereocenters. The first kappa shape index (κ1) is 12.8. The van der Waals surface area contributed by atoms with Crippen LogP contribution in [-0.4, -0.2) is 30.3 Å². The molecule has 0 saturated carbocycles. The largest absolute Gasteiger partial charge is 0.303 e. The molecule has 1 aromatic heterocycles. The molecule has 0 radical (unpaired) electrons. The van der Waals surface area contributed by atoms with Gasteiger partial charge < -0.3 is 4.90 Å². The van der Waals surface area contributed by atoms with Gasteiger partial charge in [0.2, 0.25) is 0 Å². The predicted molar refractivity (Wildman–Crippen MR) is 72.8 cm³/mol. The van der Waals surface area contributed by atoms with E-state index in [0.29, 0.717) is 12.2 Å². The molecule has 2 rings (SSSR count). The maximum absolute atomic E-state index is 11.8. The van der Waals surface area contributed by atoms with E-state index in [1.165, 1.54) is 38.8 Å². The molecule has 94 valence electrons. The molecule has 2 heterocycles. The van der Waals surface area contributed by atoms with Crippen LogP contribution in [0.3, 0.4) is 0 Å². The van der Waals surface area contributed by atoms with Crippen LogP contribution in [-0.2, 0) is 0 Å². The number of likely N-dealkylation sites (tertiary alicyclic amines) is 1. The number of hydrogen-bond acceptors (Lipinski definition) is 3. The van der Waals surface area contributed by atoms with Gasteiger partial charge in [-0.2, -0.15) is 0 Å². The molecule has 1 saturated heterocycles. The minimum atomic E-state index is 0.315. The van der Waals surface area contributed by atoms with Crippen LogP contribution < -0.4 is 0 Å². The Bertz CT molecular complexity index is 326. The summed E-state index contributed by atoms with van der Waals surface area (Å²) in [6.45, 7) is 3.55. The second-order valence-electron chi connectivity index (χ2n) is 4.76. The van der Waals surface area contributed by atoms with Crippen molar-refractivity contribution < 1.29 is 4.79 Å². The van der Waals surface area contributed by atoms with E-state index in [9.17, 15) is 4.79 Å². The Morgan fingerprint density at radius 3 is 2.65 bits per heavy atom. The third kappa shape index (κ3) is 4.25. The van der Waals surface area contributed by atoms with Crippen LogP contribution in [0.25, 0.3) is 0 Å². The zero-order valence-corrected chi connectivity index (χ0v) is 11.2. The number of rotatable bonds is 5. The Balaban J connectivity index is 1.66. The second-order valence-corrected chi connectivity index (χ2v) is 5.71. The van der Waals surface area contributed by atoms with Crippen LogP contribution in [0.5, 0.6) is 0 Å². The molecular formula is C14H21NOS. The summed E-state index contributed by atoms with van der Waals surface area (Å²) in [6, 6.07) is 3.88. The highest BCUT2D eigenvalue weighted by Crippen LogP contribution is 2.14. The summed E-state index contributed by atoms with van der Waals surface area (Å²) in [5.74, 6) is 0.315. The lowest BCUT2D eigenvalue weighted by Gasteiger charge is -2.18. The monoisotopic (exact) mass is 251 g/mol. The third-order valence-corrected chi connectivity index (χ3v) is 4.28. The molecule has 0 N–H and O–H groups in total. The van der Waals surface area contributed by atoms with Crippen molar-refractivity contribution in [2.75, 3.05) is 19.6 Å². The fraction of sp³-hybridized carbons (Fsp3) is 0.643. The second kappa shape index (κ2) is 6.92. The summed E-state index contributed by atoms with van der Waals surface area (Å²) >= 11 is 1.56. The summed E-state index contributed by atoms with van der Waals surface area (Å²) in [4.78, 5) is 15.2. The highest BCUT2D eigenvalue weighted by atomic mass is 32.1. The van der Waals surface area contributed by atoms with Gasteiger partial charge in [-0.05, 0) is 50.3 Å². The Kier molecular flexibility index (Phi) is 5.20. The van der Waals surface area contributed by atoms with Crippen LogP contribution in [0.4, 0.5) is 0 Å². The van der Waals surface area contributed by atoms with Gasteiger partial charge >= 0.3 is 0 Å². The fourth-order valence-corrected chi connectivity index (χ4v) is 3.08. The average Bonchev–Trinajstić information content (AvgIpc) is 2.75. The van der Waals surface area contributed by atoms with Crippen molar-refractivity contribution in [3.05, 3.63) is 22.4 Å². The lowest BCUT2D eigenvalue weighted by atomic mass is 10.2. The van der Waals surface area contributed by atoms with Crippen molar-refractivity contribution >= 4 is 17.1 Å². The zero-order valence-electron chi connectivity index (χ0n) is 10.4. The van der Waals surface area contributed by atoms with Gasteiger partial charge in [0, 0.05) is 6.42 Å². The molecule has 1 aliphatic rings. The normalized spacial score (nSPS) is 17.9. The topological polar surface area (TPSA) is 20.3 Å². The van der Waals surface area contributed by atoms with Gasteiger partial charge in [-0.25, -0.2) is 0 Å². The van der Waals surface area contributed by atoms with Crippen molar-refractivity contribution in [3.63, 3.8) is 0 Å². The molecule has 1 aromatic rings. The van der Waals surface area contributed by atoms with Crippen LogP contribution in [0, 0.1) is 0 Å². The van der Waals surface area contributed by atoms with Gasteiger partial charge in [-0.1, -0.05) is 18.9 Å². The quantitative estimate of drug-likeness (QED) is 0.745. The minimum absolute atomic E-state index is 0.315. The SMILES string of the molecule is O=C(CCCN1CCCCCC1)c1cccs1. The summed E-state index contributed by atoms with van der Waals surface area (Å²) in [6.07, 6.45) is 7.14. The maximum atomic E-state index is 11.8. The lowest BCUT2D eigenvalue weighted by Crippen LogP contribution is -2.26. The van der Waals surface area contributed by atoms with Crippen molar-refractivity contribution in [1.82, 2.24) is 4.90 Å². The predicted octanol–water partition coefficient (Wildman–Crippen LogP) is 3.59. The minimum Gasteiger partial charge on any atom is -0.303 e. The molecule has 1 fully saturated rings. The van der Waals surface area contributed by atoms with Crippen LogP contribution >= 0.6 is 11.3 Å². The number of thiophene rings is 1. The van der Waals surface area contributed by atoms with E-state index in [4.69, 9.17) is 0 Å². The first-order chi connectivity index (χ1) is 8.36. The number of nitrogens with zero attached hydrogens (tertiary/aromatic N) is 1. The average molecular weight is 251 g/mol. The van der Waals surface area contributed by atoms with Crippen molar-refractivity contribution in [1.29, 1.82) is 0 Å². The van der Waals surface area contributed by atoms with E-state index in [2.05, 4.69) is 4.90 Å². The Labute approximate surface area is 108 Å². The Morgan fingerprint density at radius 1 is 1.24 bits per heavy atom. The molecule has 0 bridgehead atoms. The molecule has 3 heteroatoms. The van der Waals surface area contributed by atoms with Crippen molar-refractivity contribution in [2.24, 2.45) is 0 Å². The number of carbonyl (C=O) groups is 1. The standard InChI is InChI=1S/C14H21NOS/c16-13(14-8-6-12-17-14)7-5-11-15-9-3-1-2-4-10-15/h6,8,12H,1-5,7,9-11H2. The van der Waals surface area contributed by atoms with Crippen LogP contribution in [0.2, 0.25) is 0 Å². The number of ketones is 1. The van der Waals surface area contributed by atoms with Crippen molar-refractivity contribution in [2.45, 2.75) is 38.5 Å². The molecule has 0 aliphatic carbocycles. The van der Waals surface area contributed by atoms with Crippen LogP contribution in [0.1, 0.15) is 48.2 Å². The summed E-state index contributed by atoms with van der Waals surface area (Å²) < 4.78 is 0. The Morgan fingerprint density at radius 2 is 2.00 bits per heavy atom. The molecule has 0 aromatic carbocycles. The van der Waals surface area contributed by atoms with Crippen molar-refractivity contribution in [3.8, 4) is 0 Å². The van der Waals surface area contributed by atoms with E-state index in [-0.39, 0.29) is 0 Å². The van der Waals surface area contributed by atoms with Gasteiger partial charge in [-0.15, -0.1) is 11.3 Å². The highest BCUT2D eigenvalue weighted by molar-refractivity contribution is 7.12. The first-order valence-corrected chi connectivity index (χ1v) is 7.53. The smallest absolute Gasteiger partial charge is 0.172 e. The summed E-state index contributed by atoms with van der Waals surface area (Å²) in [7, 11) is 0. The molecule has 0 amide bonds. The molecule has 2 nitrogen and oxygen atoms in total. The number of Topliss-reactive ketones (excluding diaryl/α,β-unsaturated/α-hetero) is 1. The van der Waals surface area contributed by atoms with E-state index in [1.807, 2.05) is 17.5 Å². The zero-order chi connectivity index (χ0) is 11.9. The van der Waals surface area contributed by atoms with E-state index in [1.54, 1.807) is 11.3 Å². The molecule has 0 spiro atoms. The summed E-state index contributed by atoms with van der Waals surface area (Å²) in [5, 5.41) is 1.97. The fourth-order valence-electron chi connectivity index (χ4n) is 2.38. The molecular weight excluding hydrogens is 230 g/mol. The van der Waals surface area contributed by atoms with Gasteiger partial charge in [0.05, 0.1) is 4.88 Å². The van der Waals surface area contributed by atoms with E-state index >= 15 is 0 Å². The maximum Gasteiger partial charge on any atom is 0.172 e. The van der Waals surface area contributed by atoms with Gasteiger partial charge in [0.1, 0.15) is 0 Å². The number of hydrogen-bond donors (Lipinski definition) is 0. The van der Waals surface area contributed by atoms with Gasteiger partial charge in [-0.3, -0.25) is 4.79 Å².